The molecule has 0 atom stereocenters. The molecule has 1 aliphatic heterocycles. The number of hydrogen-bond donors (Lipinski definition) is 1. The van der Waals surface area contributed by atoms with Gasteiger partial charge in [-0.1, -0.05) is 6.07 Å². The number of carboxylic acids is 1. The molecule has 1 aromatic carbocycles. The van der Waals surface area contributed by atoms with Gasteiger partial charge in [-0.3, -0.25) is 4.74 Å². The zero-order valence-electron chi connectivity index (χ0n) is 7.37. The van der Waals surface area contributed by atoms with Gasteiger partial charge in [-0.2, -0.15) is 0 Å². The van der Waals surface area contributed by atoms with Gasteiger partial charge in [0.1, 0.15) is 5.75 Å². The number of halogens is 2. The maximum Gasteiger partial charge on any atom is 0.535 e. The second-order valence-corrected chi connectivity index (χ2v) is 2.94. The standard InChI is InChI=1S/C9H6F2O4/c10-9(11)14-4-6-5(8(12)13)2-1-3-7(6)15-9/h1-3H,4H2,(H,12,13). The normalized spacial score (nSPS) is 17.7. The first-order chi connectivity index (χ1) is 6.99. The highest BCUT2D eigenvalue weighted by atomic mass is 19.3. The first kappa shape index (κ1) is 9.85. The molecule has 1 aromatic rings. The highest BCUT2D eigenvalue weighted by Gasteiger charge is 2.39. The Kier molecular flexibility index (Phi) is 2.08. The Labute approximate surface area is 83.0 Å². The summed E-state index contributed by atoms with van der Waals surface area (Å²) >= 11 is 0. The fourth-order valence-corrected chi connectivity index (χ4v) is 1.32. The predicted octanol–water partition coefficient (Wildman–Crippen LogP) is 1.84. The molecule has 1 N–H and O–H groups in total. The first-order valence-electron chi connectivity index (χ1n) is 4.05. The molecule has 4 nitrogen and oxygen atoms in total. The molecular formula is C9H6F2O4. The van der Waals surface area contributed by atoms with E-state index >= 15 is 0 Å². The van der Waals surface area contributed by atoms with E-state index in [-0.39, 0.29) is 16.9 Å². The van der Waals surface area contributed by atoms with Crippen LogP contribution in [0.3, 0.4) is 0 Å². The molecule has 0 bridgehead atoms. The lowest BCUT2D eigenvalue weighted by Crippen LogP contribution is -2.33. The van der Waals surface area contributed by atoms with Crippen molar-refractivity contribution in [2.45, 2.75) is 12.9 Å². The highest BCUT2D eigenvalue weighted by Crippen LogP contribution is 2.34. The van der Waals surface area contributed by atoms with Crippen molar-refractivity contribution >= 4 is 5.97 Å². The summed E-state index contributed by atoms with van der Waals surface area (Å²) in [5, 5.41) is 8.77. The third kappa shape index (κ3) is 1.75. The number of hydrogen-bond acceptors (Lipinski definition) is 3. The molecular weight excluding hydrogens is 210 g/mol. The van der Waals surface area contributed by atoms with E-state index in [1.165, 1.54) is 18.2 Å². The second kappa shape index (κ2) is 3.16. The molecule has 15 heavy (non-hydrogen) atoms. The van der Waals surface area contributed by atoms with Crippen molar-refractivity contribution in [1.29, 1.82) is 0 Å². The van der Waals surface area contributed by atoms with Crippen LogP contribution in [0.1, 0.15) is 15.9 Å². The van der Waals surface area contributed by atoms with Crippen LogP contribution in [-0.4, -0.2) is 17.4 Å². The minimum Gasteiger partial charge on any atom is -0.478 e. The Morgan fingerprint density at radius 3 is 2.87 bits per heavy atom. The number of rotatable bonds is 1. The lowest BCUT2D eigenvalue weighted by molar-refractivity contribution is -0.368. The molecule has 0 unspecified atom stereocenters. The molecule has 1 aliphatic rings. The van der Waals surface area contributed by atoms with Crippen LogP contribution >= 0.6 is 0 Å². The van der Waals surface area contributed by atoms with Gasteiger partial charge in [0.25, 0.3) is 0 Å². The van der Waals surface area contributed by atoms with Gasteiger partial charge in [-0.05, 0) is 12.1 Å². The van der Waals surface area contributed by atoms with Crippen molar-refractivity contribution in [1.82, 2.24) is 0 Å². The Morgan fingerprint density at radius 2 is 2.20 bits per heavy atom. The summed E-state index contributed by atoms with van der Waals surface area (Å²) in [5.41, 5.74) is 0.0268. The minimum absolute atomic E-state index is 0.0944. The fraction of sp³-hybridized carbons (Fsp3) is 0.222. The van der Waals surface area contributed by atoms with Gasteiger partial charge in [0.15, 0.2) is 0 Å². The third-order valence-corrected chi connectivity index (χ3v) is 1.98. The third-order valence-electron chi connectivity index (χ3n) is 1.98. The Bertz CT molecular complexity index is 417. The molecule has 0 saturated carbocycles. The van der Waals surface area contributed by atoms with Gasteiger partial charge in [0.05, 0.1) is 12.2 Å². The Balaban J connectivity index is 2.47. The number of carbonyl (C=O) groups is 1. The van der Waals surface area contributed by atoms with Crippen molar-refractivity contribution in [3.63, 3.8) is 0 Å². The van der Waals surface area contributed by atoms with E-state index in [2.05, 4.69) is 9.47 Å². The number of carboxylic acid groups (broad SMARTS) is 1. The molecule has 6 heteroatoms. The van der Waals surface area contributed by atoms with Gasteiger partial charge in [-0.25, -0.2) is 4.79 Å². The average Bonchev–Trinajstić information content (AvgIpc) is 2.14. The summed E-state index contributed by atoms with van der Waals surface area (Å²) in [4.78, 5) is 10.7. The van der Waals surface area contributed by atoms with Crippen LogP contribution in [0.15, 0.2) is 18.2 Å². The quantitative estimate of drug-likeness (QED) is 0.778. The van der Waals surface area contributed by atoms with Crippen LogP contribution in [0.2, 0.25) is 0 Å². The van der Waals surface area contributed by atoms with Crippen molar-refractivity contribution in [3.05, 3.63) is 29.3 Å². The molecule has 2 rings (SSSR count). The number of ether oxygens (including phenoxy) is 2. The topological polar surface area (TPSA) is 55.8 Å². The second-order valence-electron chi connectivity index (χ2n) is 2.94. The summed E-state index contributed by atoms with van der Waals surface area (Å²) in [5.74, 6) is -1.37. The van der Waals surface area contributed by atoms with Crippen LogP contribution < -0.4 is 4.74 Å². The van der Waals surface area contributed by atoms with Crippen LogP contribution in [0.25, 0.3) is 0 Å². The zero-order chi connectivity index (χ0) is 11.1. The van der Waals surface area contributed by atoms with Crippen LogP contribution in [0, 0.1) is 0 Å². The monoisotopic (exact) mass is 216 g/mol. The predicted molar refractivity (Wildman–Crippen MR) is 43.8 cm³/mol. The van der Waals surface area contributed by atoms with E-state index in [1.54, 1.807) is 0 Å². The lowest BCUT2D eigenvalue weighted by Gasteiger charge is -2.25. The summed E-state index contributed by atoms with van der Waals surface area (Å²) < 4.78 is 33.5. The van der Waals surface area contributed by atoms with Crippen molar-refractivity contribution in [2.24, 2.45) is 0 Å². The van der Waals surface area contributed by atoms with Crippen LogP contribution in [0.5, 0.6) is 5.75 Å². The van der Waals surface area contributed by atoms with Gasteiger partial charge in [0.2, 0.25) is 0 Å². The number of fused-ring (bicyclic) bond motifs is 1. The van der Waals surface area contributed by atoms with Gasteiger partial charge < -0.3 is 9.84 Å². The minimum atomic E-state index is -3.69. The van der Waals surface area contributed by atoms with E-state index in [1.807, 2.05) is 0 Å². The van der Waals surface area contributed by atoms with Crippen molar-refractivity contribution in [2.75, 3.05) is 0 Å². The van der Waals surface area contributed by atoms with Crippen LogP contribution in [-0.2, 0) is 11.3 Å². The Morgan fingerprint density at radius 1 is 1.47 bits per heavy atom. The van der Waals surface area contributed by atoms with E-state index in [4.69, 9.17) is 5.11 Å². The fourth-order valence-electron chi connectivity index (χ4n) is 1.32. The first-order valence-corrected chi connectivity index (χ1v) is 4.05. The van der Waals surface area contributed by atoms with E-state index in [0.29, 0.717) is 0 Å². The zero-order valence-corrected chi connectivity index (χ0v) is 7.37. The molecule has 80 valence electrons. The number of benzene rings is 1. The van der Waals surface area contributed by atoms with E-state index in [9.17, 15) is 13.6 Å². The molecule has 0 aliphatic carbocycles. The SMILES string of the molecule is O=C(O)c1cccc2c1COC(F)(F)O2. The molecule has 0 aromatic heterocycles. The molecule has 1 heterocycles. The summed E-state index contributed by atoms with van der Waals surface area (Å²) in [6.45, 7) is -0.481. The van der Waals surface area contributed by atoms with Gasteiger partial charge >= 0.3 is 12.3 Å². The van der Waals surface area contributed by atoms with Gasteiger partial charge in [0, 0.05) is 5.56 Å². The summed E-state index contributed by atoms with van der Waals surface area (Å²) in [6, 6.07) is 3.92. The average molecular weight is 216 g/mol. The highest BCUT2D eigenvalue weighted by molar-refractivity contribution is 5.90. The lowest BCUT2D eigenvalue weighted by atomic mass is 10.1. The van der Waals surface area contributed by atoms with E-state index in [0.717, 1.165) is 0 Å². The molecule has 0 radical (unpaired) electrons. The largest absolute Gasteiger partial charge is 0.535 e. The smallest absolute Gasteiger partial charge is 0.478 e. The Hall–Kier alpha value is -1.69. The summed E-state index contributed by atoms with van der Waals surface area (Å²) in [7, 11) is 0. The summed E-state index contributed by atoms with van der Waals surface area (Å²) in [6.07, 6.45) is -3.69. The maximum absolute atomic E-state index is 12.6. The van der Waals surface area contributed by atoms with Gasteiger partial charge in [-0.15, -0.1) is 8.78 Å². The molecule has 0 saturated heterocycles. The van der Waals surface area contributed by atoms with Crippen molar-refractivity contribution in [3.8, 4) is 5.75 Å². The van der Waals surface area contributed by atoms with E-state index < -0.39 is 18.9 Å². The number of alkyl halides is 2. The maximum atomic E-state index is 12.6. The molecule has 0 fully saturated rings. The van der Waals surface area contributed by atoms with Crippen LogP contribution in [0.4, 0.5) is 8.78 Å². The molecule has 0 amide bonds. The molecule has 0 spiro atoms. The van der Waals surface area contributed by atoms with Crippen molar-refractivity contribution < 1.29 is 28.2 Å². The number of aromatic carboxylic acids is 1.